The molecule has 0 radical (unpaired) electrons. The lowest BCUT2D eigenvalue weighted by Crippen LogP contribution is -2.12. The third kappa shape index (κ3) is 4.60. The van der Waals surface area contributed by atoms with Gasteiger partial charge in [-0.25, -0.2) is 4.98 Å². The molecule has 1 heterocycles. The summed E-state index contributed by atoms with van der Waals surface area (Å²) in [5.41, 5.74) is 2.47. The molecule has 120 valence electrons. The van der Waals surface area contributed by atoms with Crippen LogP contribution in [-0.4, -0.2) is 10.9 Å². The third-order valence-corrected chi connectivity index (χ3v) is 4.60. The molecule has 1 N–H and O–H groups in total. The molecule has 3 rings (SSSR count). The molecule has 0 unspecified atom stereocenters. The molecule has 3 aromatic rings. The van der Waals surface area contributed by atoms with E-state index < -0.39 is 0 Å². The highest BCUT2D eigenvalue weighted by Gasteiger charge is 2.07. The predicted octanol–water partition coefficient (Wildman–Crippen LogP) is 5.28. The number of nitrogens with zero attached hydrogens (tertiary/aromatic N) is 1. The lowest BCUT2D eigenvalue weighted by Gasteiger charge is -2.06. The summed E-state index contributed by atoms with van der Waals surface area (Å²) < 4.78 is 0. The fourth-order valence-corrected chi connectivity index (χ4v) is 2.99. The van der Waals surface area contributed by atoms with Gasteiger partial charge in [-0.15, -0.1) is 11.8 Å². The molecular weight excluding hydrogens is 340 g/mol. The highest BCUT2D eigenvalue weighted by atomic mass is 35.5. The van der Waals surface area contributed by atoms with Gasteiger partial charge >= 0.3 is 0 Å². The molecule has 0 saturated carbocycles. The van der Waals surface area contributed by atoms with Gasteiger partial charge in [-0.05, 0) is 42.0 Å². The van der Waals surface area contributed by atoms with Crippen LogP contribution in [0.15, 0.2) is 78.0 Å². The molecular formula is C19H15ClN2OS. The summed E-state index contributed by atoms with van der Waals surface area (Å²) in [7, 11) is 0. The maximum absolute atomic E-state index is 12.2. The fraction of sp³-hybridized carbons (Fsp3) is 0.0526. The topological polar surface area (TPSA) is 42.0 Å². The van der Waals surface area contributed by atoms with E-state index in [1.165, 1.54) is 5.56 Å². The van der Waals surface area contributed by atoms with Crippen LogP contribution in [0.25, 0.3) is 0 Å². The molecule has 0 atom stereocenters. The minimum Gasteiger partial charge on any atom is -0.322 e. The zero-order chi connectivity index (χ0) is 16.8. The van der Waals surface area contributed by atoms with E-state index in [1.807, 2.05) is 24.3 Å². The van der Waals surface area contributed by atoms with Crippen LogP contribution in [0.4, 0.5) is 5.69 Å². The fourth-order valence-electron chi connectivity index (χ4n) is 2.07. The molecule has 0 aliphatic carbocycles. The van der Waals surface area contributed by atoms with Gasteiger partial charge in [0.2, 0.25) is 0 Å². The number of aromatic nitrogens is 1. The SMILES string of the molecule is O=C(Nc1ccc(Cl)cc1)c1ccc(SCc2ccccc2)nc1. The Morgan fingerprint density at radius 2 is 1.75 bits per heavy atom. The van der Waals surface area contributed by atoms with Crippen LogP contribution in [0, 0.1) is 0 Å². The van der Waals surface area contributed by atoms with Crippen molar-refractivity contribution < 1.29 is 4.79 Å². The standard InChI is InChI=1S/C19H15ClN2OS/c20-16-7-9-17(10-8-16)22-19(23)15-6-11-18(21-12-15)24-13-14-4-2-1-3-5-14/h1-12H,13H2,(H,22,23). The van der Waals surface area contributed by atoms with E-state index >= 15 is 0 Å². The number of benzene rings is 2. The Balaban J connectivity index is 1.59. The first-order valence-corrected chi connectivity index (χ1v) is 8.77. The van der Waals surface area contributed by atoms with Gasteiger partial charge < -0.3 is 5.32 Å². The van der Waals surface area contributed by atoms with Gasteiger partial charge in [0.05, 0.1) is 10.6 Å². The Kier molecular flexibility index (Phi) is 5.51. The van der Waals surface area contributed by atoms with Gasteiger partial charge in [-0.1, -0.05) is 41.9 Å². The molecule has 5 heteroatoms. The Labute approximate surface area is 150 Å². The first-order chi connectivity index (χ1) is 11.7. The third-order valence-electron chi connectivity index (χ3n) is 3.33. The molecule has 1 amide bonds. The van der Waals surface area contributed by atoms with Crippen LogP contribution in [0.1, 0.15) is 15.9 Å². The average Bonchev–Trinajstić information content (AvgIpc) is 2.63. The van der Waals surface area contributed by atoms with Crippen LogP contribution >= 0.6 is 23.4 Å². The first kappa shape index (κ1) is 16.6. The van der Waals surface area contributed by atoms with Crippen molar-refractivity contribution in [3.63, 3.8) is 0 Å². The van der Waals surface area contributed by atoms with Gasteiger partial charge in [-0.3, -0.25) is 4.79 Å². The van der Waals surface area contributed by atoms with Crippen molar-refractivity contribution in [3.05, 3.63) is 89.1 Å². The lowest BCUT2D eigenvalue weighted by molar-refractivity contribution is 0.102. The van der Waals surface area contributed by atoms with E-state index in [0.717, 1.165) is 10.8 Å². The number of carbonyl (C=O) groups is 1. The largest absolute Gasteiger partial charge is 0.322 e. The van der Waals surface area contributed by atoms with E-state index in [0.29, 0.717) is 16.3 Å². The van der Waals surface area contributed by atoms with Crippen LogP contribution in [0.2, 0.25) is 5.02 Å². The molecule has 24 heavy (non-hydrogen) atoms. The minimum atomic E-state index is -0.190. The number of hydrogen-bond acceptors (Lipinski definition) is 3. The van der Waals surface area contributed by atoms with Crippen molar-refractivity contribution in [3.8, 4) is 0 Å². The monoisotopic (exact) mass is 354 g/mol. The summed E-state index contributed by atoms with van der Waals surface area (Å²) in [6, 6.07) is 20.9. The molecule has 0 bridgehead atoms. The van der Waals surface area contributed by atoms with E-state index in [-0.39, 0.29) is 5.91 Å². The first-order valence-electron chi connectivity index (χ1n) is 7.40. The van der Waals surface area contributed by atoms with Crippen LogP contribution in [-0.2, 0) is 5.75 Å². The summed E-state index contributed by atoms with van der Waals surface area (Å²) >= 11 is 7.47. The van der Waals surface area contributed by atoms with Crippen LogP contribution in [0.5, 0.6) is 0 Å². The maximum Gasteiger partial charge on any atom is 0.257 e. The van der Waals surface area contributed by atoms with Crippen molar-refractivity contribution in [2.24, 2.45) is 0 Å². The second-order valence-corrected chi connectivity index (χ2v) is 6.55. The van der Waals surface area contributed by atoms with Crippen LogP contribution in [0.3, 0.4) is 0 Å². The molecule has 0 aliphatic heterocycles. The second-order valence-electron chi connectivity index (χ2n) is 5.12. The van der Waals surface area contributed by atoms with Crippen molar-refractivity contribution in [1.29, 1.82) is 0 Å². The summed E-state index contributed by atoms with van der Waals surface area (Å²) in [5, 5.41) is 4.34. The van der Waals surface area contributed by atoms with Crippen molar-refractivity contribution in [2.75, 3.05) is 5.32 Å². The van der Waals surface area contributed by atoms with E-state index in [2.05, 4.69) is 22.4 Å². The molecule has 0 fully saturated rings. The number of rotatable bonds is 5. The number of thioether (sulfide) groups is 1. The number of halogens is 1. The number of pyridine rings is 1. The number of hydrogen-bond donors (Lipinski definition) is 1. The quantitative estimate of drug-likeness (QED) is 0.634. The smallest absolute Gasteiger partial charge is 0.257 e. The minimum absolute atomic E-state index is 0.190. The van der Waals surface area contributed by atoms with E-state index in [4.69, 9.17) is 11.6 Å². The molecule has 2 aromatic carbocycles. The summed E-state index contributed by atoms with van der Waals surface area (Å²) in [6.45, 7) is 0. The summed E-state index contributed by atoms with van der Waals surface area (Å²) in [4.78, 5) is 16.6. The number of anilines is 1. The van der Waals surface area contributed by atoms with Gasteiger partial charge in [0.1, 0.15) is 0 Å². The molecule has 1 aromatic heterocycles. The number of nitrogens with one attached hydrogen (secondary N) is 1. The molecule has 3 nitrogen and oxygen atoms in total. The Hall–Kier alpha value is -2.30. The normalized spacial score (nSPS) is 10.4. The van der Waals surface area contributed by atoms with Gasteiger partial charge in [-0.2, -0.15) is 0 Å². The highest BCUT2D eigenvalue weighted by Crippen LogP contribution is 2.21. The zero-order valence-corrected chi connectivity index (χ0v) is 14.3. The Morgan fingerprint density at radius 3 is 2.42 bits per heavy atom. The Morgan fingerprint density at radius 1 is 1.00 bits per heavy atom. The number of amides is 1. The van der Waals surface area contributed by atoms with Gasteiger partial charge in [0.15, 0.2) is 0 Å². The van der Waals surface area contributed by atoms with E-state index in [9.17, 15) is 4.79 Å². The summed E-state index contributed by atoms with van der Waals surface area (Å²) in [6.07, 6.45) is 1.60. The highest BCUT2D eigenvalue weighted by molar-refractivity contribution is 7.98. The molecule has 0 spiro atoms. The van der Waals surface area contributed by atoms with Crippen molar-refractivity contribution in [1.82, 2.24) is 4.98 Å². The van der Waals surface area contributed by atoms with Gasteiger partial charge in [0, 0.05) is 22.7 Å². The van der Waals surface area contributed by atoms with Crippen LogP contribution < -0.4 is 5.32 Å². The lowest BCUT2D eigenvalue weighted by atomic mass is 10.2. The average molecular weight is 355 g/mol. The zero-order valence-electron chi connectivity index (χ0n) is 12.8. The maximum atomic E-state index is 12.2. The number of carbonyl (C=O) groups excluding carboxylic acids is 1. The predicted molar refractivity (Wildman–Crippen MR) is 99.6 cm³/mol. The summed E-state index contributed by atoms with van der Waals surface area (Å²) in [5.74, 6) is 0.661. The van der Waals surface area contributed by atoms with Crippen molar-refractivity contribution in [2.45, 2.75) is 10.8 Å². The Bertz CT molecular complexity index is 805. The molecule has 0 saturated heterocycles. The van der Waals surface area contributed by atoms with Gasteiger partial charge in [0.25, 0.3) is 5.91 Å². The second kappa shape index (κ2) is 7.99. The molecule has 0 aliphatic rings. The van der Waals surface area contributed by atoms with Crippen molar-refractivity contribution >= 4 is 35.0 Å². The van der Waals surface area contributed by atoms with E-state index in [1.54, 1.807) is 48.3 Å².